The smallest absolute Gasteiger partial charge is 0.378 e. The quantitative estimate of drug-likeness (QED) is 0.230. The van der Waals surface area contributed by atoms with Crippen LogP contribution in [0.5, 0.6) is 0 Å². The molecule has 0 saturated carbocycles. The van der Waals surface area contributed by atoms with Gasteiger partial charge in [-0.25, -0.2) is 0 Å². The van der Waals surface area contributed by atoms with Gasteiger partial charge in [-0.2, -0.15) is 35.1 Å². The molecule has 0 heterocycles. The van der Waals surface area contributed by atoms with Crippen molar-refractivity contribution < 1.29 is 50.4 Å². The van der Waals surface area contributed by atoms with E-state index < -0.39 is 81.0 Å². The highest BCUT2D eigenvalue weighted by atomic mass is 19.4. The third kappa shape index (κ3) is 6.65. The van der Waals surface area contributed by atoms with Gasteiger partial charge in [0.15, 0.2) is 0 Å². The Morgan fingerprint density at radius 1 is 0.517 bits per heavy atom. The largest absolute Gasteiger partial charge is 0.396 e. The first-order chi connectivity index (χ1) is 13.2. The molecule has 0 aliphatic rings. The van der Waals surface area contributed by atoms with Crippen LogP contribution in [0.2, 0.25) is 0 Å². The third-order valence-electron chi connectivity index (χ3n) is 5.11. The standard InChI is InChI=1S/C18H30F8O3/c1-2-3-4-5-6-9-15(19,20)17(23,24)18(25,26)16(21,22)10-7-8-14(11-27,12-28)13-29/h27-29H,2-13H2,1H3. The lowest BCUT2D eigenvalue weighted by atomic mass is 9.83. The zero-order valence-corrected chi connectivity index (χ0v) is 16.4. The maximum Gasteiger partial charge on any atom is 0.378 e. The van der Waals surface area contributed by atoms with Gasteiger partial charge in [-0.15, -0.1) is 0 Å². The summed E-state index contributed by atoms with van der Waals surface area (Å²) in [7, 11) is 0. The van der Waals surface area contributed by atoms with Crippen molar-refractivity contribution in [3.05, 3.63) is 0 Å². The van der Waals surface area contributed by atoms with Crippen molar-refractivity contribution in [2.75, 3.05) is 19.8 Å². The monoisotopic (exact) mass is 446 g/mol. The second-order valence-corrected chi connectivity index (χ2v) is 7.55. The zero-order chi connectivity index (χ0) is 23.0. The normalized spacial score (nSPS) is 14.5. The number of hydrogen-bond acceptors (Lipinski definition) is 3. The molecule has 176 valence electrons. The van der Waals surface area contributed by atoms with Gasteiger partial charge < -0.3 is 15.3 Å². The molecule has 29 heavy (non-hydrogen) atoms. The molecule has 3 N–H and O–H groups in total. The summed E-state index contributed by atoms with van der Waals surface area (Å²) in [5.74, 6) is -23.4. The van der Waals surface area contributed by atoms with E-state index in [0.29, 0.717) is 12.8 Å². The van der Waals surface area contributed by atoms with Crippen molar-refractivity contribution in [3.8, 4) is 0 Å². The molecular weight excluding hydrogens is 416 g/mol. The Morgan fingerprint density at radius 2 is 0.897 bits per heavy atom. The minimum absolute atomic E-state index is 0.0903. The molecule has 0 spiro atoms. The summed E-state index contributed by atoms with van der Waals surface area (Å²) in [6.07, 6.45) is -3.63. The van der Waals surface area contributed by atoms with Crippen molar-refractivity contribution in [2.45, 2.75) is 88.4 Å². The van der Waals surface area contributed by atoms with Crippen LogP contribution in [0.1, 0.15) is 64.7 Å². The van der Waals surface area contributed by atoms with E-state index in [1.807, 2.05) is 6.92 Å². The molecule has 0 rings (SSSR count). The summed E-state index contributed by atoms with van der Waals surface area (Å²) in [5.41, 5.74) is -1.67. The summed E-state index contributed by atoms with van der Waals surface area (Å²) in [5, 5.41) is 27.2. The van der Waals surface area contributed by atoms with Crippen molar-refractivity contribution >= 4 is 0 Å². The van der Waals surface area contributed by atoms with Gasteiger partial charge in [0.2, 0.25) is 0 Å². The number of alkyl halides is 8. The molecule has 0 aliphatic carbocycles. The molecule has 0 bridgehead atoms. The van der Waals surface area contributed by atoms with Crippen molar-refractivity contribution in [1.29, 1.82) is 0 Å². The molecule has 0 aliphatic heterocycles. The number of aliphatic hydroxyl groups excluding tert-OH is 3. The Hall–Kier alpha value is -0.680. The topological polar surface area (TPSA) is 60.7 Å². The number of hydrogen-bond donors (Lipinski definition) is 3. The molecule has 0 aromatic heterocycles. The lowest BCUT2D eigenvalue weighted by molar-refractivity contribution is -0.368. The van der Waals surface area contributed by atoms with Gasteiger partial charge in [0.1, 0.15) is 0 Å². The van der Waals surface area contributed by atoms with Crippen molar-refractivity contribution in [3.63, 3.8) is 0 Å². The molecule has 0 atom stereocenters. The summed E-state index contributed by atoms with van der Waals surface area (Å²) >= 11 is 0. The third-order valence-corrected chi connectivity index (χ3v) is 5.11. The van der Waals surface area contributed by atoms with E-state index in [4.69, 9.17) is 15.3 Å². The van der Waals surface area contributed by atoms with Crippen LogP contribution >= 0.6 is 0 Å². The van der Waals surface area contributed by atoms with Gasteiger partial charge in [-0.05, 0) is 19.3 Å². The highest BCUT2D eigenvalue weighted by Gasteiger charge is 2.79. The molecule has 0 saturated heterocycles. The Bertz CT molecular complexity index is 460. The number of unbranched alkanes of at least 4 members (excludes halogenated alkanes) is 4. The predicted octanol–water partition coefficient (Wildman–Crippen LogP) is 5.02. The Morgan fingerprint density at radius 3 is 1.28 bits per heavy atom. The average molecular weight is 446 g/mol. The van der Waals surface area contributed by atoms with Crippen LogP contribution in [0.4, 0.5) is 35.1 Å². The second-order valence-electron chi connectivity index (χ2n) is 7.55. The van der Waals surface area contributed by atoms with E-state index in [9.17, 15) is 35.1 Å². The van der Waals surface area contributed by atoms with Gasteiger partial charge >= 0.3 is 23.7 Å². The Labute approximate surface area is 165 Å². The second kappa shape index (κ2) is 11.1. The highest BCUT2D eigenvalue weighted by molar-refractivity contribution is 5.03. The van der Waals surface area contributed by atoms with E-state index >= 15 is 0 Å². The van der Waals surface area contributed by atoms with E-state index in [1.165, 1.54) is 0 Å². The fourth-order valence-corrected chi connectivity index (χ4v) is 2.80. The maximum absolute atomic E-state index is 13.9. The highest BCUT2D eigenvalue weighted by Crippen LogP contribution is 2.55. The molecule has 0 aromatic carbocycles. The van der Waals surface area contributed by atoms with Gasteiger partial charge in [-0.1, -0.05) is 32.6 Å². The van der Waals surface area contributed by atoms with Crippen molar-refractivity contribution in [1.82, 2.24) is 0 Å². The molecule has 0 unspecified atom stereocenters. The maximum atomic E-state index is 13.9. The molecule has 3 nitrogen and oxygen atoms in total. The van der Waals surface area contributed by atoms with E-state index in [2.05, 4.69) is 0 Å². The lowest BCUT2D eigenvalue weighted by Crippen LogP contribution is -2.62. The summed E-state index contributed by atoms with van der Waals surface area (Å²) < 4.78 is 111. The van der Waals surface area contributed by atoms with Crippen LogP contribution in [0.3, 0.4) is 0 Å². The average Bonchev–Trinajstić information content (AvgIpc) is 2.65. The Balaban J connectivity index is 5.17. The molecular formula is C18H30F8O3. The van der Waals surface area contributed by atoms with Gasteiger partial charge in [0.05, 0.1) is 19.8 Å². The lowest BCUT2D eigenvalue weighted by Gasteiger charge is -2.37. The minimum atomic E-state index is -6.31. The summed E-state index contributed by atoms with van der Waals surface area (Å²) in [6, 6.07) is 0. The Kier molecular flexibility index (Phi) is 10.8. The first kappa shape index (κ1) is 28.3. The van der Waals surface area contributed by atoms with Crippen LogP contribution in [0.25, 0.3) is 0 Å². The summed E-state index contributed by atoms with van der Waals surface area (Å²) in [4.78, 5) is 0. The summed E-state index contributed by atoms with van der Waals surface area (Å²) in [6.45, 7) is -0.784. The SMILES string of the molecule is CCCCCCCC(F)(F)C(F)(F)C(F)(F)C(F)(F)CCCC(CO)(CO)CO. The van der Waals surface area contributed by atoms with Crippen LogP contribution in [-0.4, -0.2) is 58.8 Å². The molecule has 0 radical (unpaired) electrons. The number of aliphatic hydroxyl groups is 3. The minimum Gasteiger partial charge on any atom is -0.396 e. The van der Waals surface area contributed by atoms with Crippen LogP contribution < -0.4 is 0 Å². The van der Waals surface area contributed by atoms with Crippen molar-refractivity contribution in [2.24, 2.45) is 5.41 Å². The number of rotatable bonds is 16. The molecule has 0 amide bonds. The van der Waals surface area contributed by atoms with E-state index in [-0.39, 0.29) is 6.42 Å². The van der Waals surface area contributed by atoms with Crippen LogP contribution in [0, 0.1) is 5.41 Å². The van der Waals surface area contributed by atoms with Crippen LogP contribution in [-0.2, 0) is 0 Å². The fourth-order valence-electron chi connectivity index (χ4n) is 2.80. The predicted molar refractivity (Wildman–Crippen MR) is 90.7 cm³/mol. The van der Waals surface area contributed by atoms with Gasteiger partial charge in [-0.3, -0.25) is 0 Å². The first-order valence-corrected chi connectivity index (χ1v) is 9.54. The zero-order valence-electron chi connectivity index (χ0n) is 16.4. The first-order valence-electron chi connectivity index (χ1n) is 9.54. The molecule has 11 heteroatoms. The van der Waals surface area contributed by atoms with Crippen LogP contribution in [0.15, 0.2) is 0 Å². The van der Waals surface area contributed by atoms with Gasteiger partial charge in [0.25, 0.3) is 0 Å². The fraction of sp³-hybridized carbons (Fsp3) is 1.00. The van der Waals surface area contributed by atoms with E-state index in [1.54, 1.807) is 0 Å². The number of halogens is 8. The molecule has 0 fully saturated rings. The molecule has 0 aromatic rings. The van der Waals surface area contributed by atoms with E-state index in [0.717, 1.165) is 6.42 Å². The van der Waals surface area contributed by atoms with Gasteiger partial charge in [0, 0.05) is 18.3 Å².